The number of Topliss-reactive ketones (excluding diaryl/α,β-unsaturated/α-hetero) is 3. The number of benzene rings is 1. The summed E-state index contributed by atoms with van der Waals surface area (Å²) in [4.78, 5) is 59.7. The third-order valence-corrected chi connectivity index (χ3v) is 9.20. The van der Waals surface area contributed by atoms with Crippen LogP contribution in [0.4, 0.5) is 0 Å². The maximum atomic E-state index is 13.8. The number of nitrogens with zero attached hydrogens (tertiary/aromatic N) is 2. The number of thiazole rings is 1. The smallest absolute Gasteiger partial charge is 0.228 e. The van der Waals surface area contributed by atoms with Crippen LogP contribution in [0, 0.1) is 30.6 Å². The van der Waals surface area contributed by atoms with E-state index in [0.717, 1.165) is 16.1 Å². The van der Waals surface area contributed by atoms with Crippen molar-refractivity contribution in [1.82, 2.24) is 9.88 Å². The fourth-order valence-electron chi connectivity index (χ4n) is 6.53. The van der Waals surface area contributed by atoms with Crippen molar-refractivity contribution in [2.24, 2.45) is 29.4 Å². The summed E-state index contributed by atoms with van der Waals surface area (Å²) in [7, 11) is 3.32. The van der Waals surface area contributed by atoms with Crippen LogP contribution in [-0.2, 0) is 20.8 Å². The Morgan fingerprint density at radius 2 is 1.97 bits per heavy atom. The third-order valence-electron chi connectivity index (χ3n) is 8.30. The van der Waals surface area contributed by atoms with Crippen LogP contribution < -0.4 is 5.73 Å². The lowest BCUT2D eigenvalue weighted by atomic mass is 9.52. The van der Waals surface area contributed by atoms with Crippen LogP contribution in [0.3, 0.4) is 0 Å². The highest BCUT2D eigenvalue weighted by atomic mass is 32.1. The summed E-state index contributed by atoms with van der Waals surface area (Å²) in [5.74, 6) is -6.51. The topological polar surface area (TPSA) is 151 Å². The number of phenols is 1. The largest absolute Gasteiger partial charge is 0.507 e. The van der Waals surface area contributed by atoms with Gasteiger partial charge in [-0.05, 0) is 63.0 Å². The molecule has 6 unspecified atom stereocenters. The maximum Gasteiger partial charge on any atom is 0.228 e. The molecule has 2 aromatic rings. The van der Waals surface area contributed by atoms with Gasteiger partial charge in [0.15, 0.2) is 17.3 Å². The molecule has 0 bridgehead atoms. The minimum Gasteiger partial charge on any atom is -0.507 e. The number of hydrogen-bond acceptors (Lipinski definition) is 9. The number of fused-ring (bicyclic) bond motifs is 3. The first-order valence-corrected chi connectivity index (χ1v) is 13.1. The van der Waals surface area contributed by atoms with E-state index in [4.69, 9.17) is 5.73 Å². The minimum atomic E-state index is -2.05. The zero-order valence-corrected chi connectivity index (χ0v) is 21.6. The molecule has 4 N–H and O–H groups in total. The van der Waals surface area contributed by atoms with Crippen LogP contribution in [0.15, 0.2) is 17.6 Å². The second kappa shape index (κ2) is 8.97. The van der Waals surface area contributed by atoms with Crippen molar-refractivity contribution in [3.05, 3.63) is 44.9 Å². The normalized spacial score (nSPS) is 31.4. The van der Waals surface area contributed by atoms with Crippen molar-refractivity contribution >= 4 is 46.7 Å². The molecule has 6 atom stereocenters. The predicted molar refractivity (Wildman–Crippen MR) is 137 cm³/mol. The lowest BCUT2D eigenvalue weighted by Crippen LogP contribution is -2.69. The van der Waals surface area contributed by atoms with E-state index in [1.54, 1.807) is 30.6 Å². The van der Waals surface area contributed by atoms with Crippen LogP contribution in [0.1, 0.15) is 44.9 Å². The number of primary amides is 1. The Bertz CT molecular complexity index is 1360. The number of rotatable bonds is 4. The molecule has 2 saturated carbocycles. The lowest BCUT2D eigenvalue weighted by molar-refractivity contribution is -0.176. The Morgan fingerprint density at radius 3 is 2.59 bits per heavy atom. The molecule has 0 radical (unpaired) electrons. The number of aryl methyl sites for hydroxylation is 1. The van der Waals surface area contributed by atoms with Gasteiger partial charge in [-0.1, -0.05) is 12.1 Å². The Balaban J connectivity index is 1.58. The maximum absolute atomic E-state index is 13.8. The second-order valence-corrected chi connectivity index (χ2v) is 11.5. The summed E-state index contributed by atoms with van der Waals surface area (Å²) in [6.07, 6.45) is 3.92. The van der Waals surface area contributed by atoms with Gasteiger partial charge >= 0.3 is 0 Å². The summed E-state index contributed by atoms with van der Waals surface area (Å²) < 4.78 is 0. The van der Waals surface area contributed by atoms with Gasteiger partial charge in [0.1, 0.15) is 17.3 Å². The first-order valence-electron chi connectivity index (χ1n) is 12.2. The molecule has 1 aromatic carbocycles. The van der Waals surface area contributed by atoms with Gasteiger partial charge < -0.3 is 15.9 Å². The van der Waals surface area contributed by atoms with Crippen LogP contribution in [-0.4, -0.2) is 69.1 Å². The standard InChI is InChI=1S/C27H29N3O6S/c1-12-19(37-11-29-12)7-5-13-4-6-18(31)21-15(13)8-14-9-17-22(30(2)3)23(32)16(26(28)35)10-27(17,36)25(34)20(14)24(21)33/h4-7,11,14,16-17,20,22,31,36H,8-10H2,1-3H3,(H2,28,35)/b7-5+. The molecule has 0 aliphatic heterocycles. The molecule has 37 heavy (non-hydrogen) atoms. The molecule has 0 spiro atoms. The lowest BCUT2D eigenvalue weighted by Gasteiger charge is -2.53. The van der Waals surface area contributed by atoms with Crippen LogP contribution in [0.25, 0.3) is 12.2 Å². The van der Waals surface area contributed by atoms with Crippen molar-refractivity contribution in [3.8, 4) is 5.75 Å². The van der Waals surface area contributed by atoms with Gasteiger partial charge in [-0.2, -0.15) is 0 Å². The quantitative estimate of drug-likeness (QED) is 0.512. The van der Waals surface area contributed by atoms with E-state index in [2.05, 4.69) is 4.98 Å². The number of aliphatic hydroxyl groups is 1. The number of nitrogens with two attached hydrogens (primary N) is 1. The average Bonchev–Trinajstić information content (AvgIpc) is 3.24. The van der Waals surface area contributed by atoms with E-state index in [1.165, 1.54) is 17.4 Å². The fourth-order valence-corrected chi connectivity index (χ4v) is 7.22. The number of carbonyl (C=O) groups excluding carboxylic acids is 4. The first kappa shape index (κ1) is 25.4. The Labute approximate surface area is 218 Å². The molecule has 1 heterocycles. The van der Waals surface area contributed by atoms with E-state index in [0.29, 0.717) is 12.0 Å². The SMILES string of the molecule is Cc1ncsc1/C=C/c1ccc(O)c2c1CC1CC3C(N(C)C)C(=O)C(C(N)=O)CC3(O)C(=O)C1C2=O. The van der Waals surface area contributed by atoms with Gasteiger partial charge in [-0.25, -0.2) is 4.98 Å². The van der Waals surface area contributed by atoms with Gasteiger partial charge in [0, 0.05) is 17.2 Å². The molecule has 3 aliphatic rings. The zero-order valence-electron chi connectivity index (χ0n) is 20.8. The monoisotopic (exact) mass is 523 g/mol. The number of amides is 1. The first-order chi connectivity index (χ1) is 17.5. The highest BCUT2D eigenvalue weighted by Crippen LogP contribution is 2.52. The fraction of sp³-hybridized carbons (Fsp3) is 0.444. The number of aromatic hydroxyl groups is 1. The van der Waals surface area contributed by atoms with Gasteiger partial charge in [-0.15, -0.1) is 11.3 Å². The third kappa shape index (κ3) is 3.86. The van der Waals surface area contributed by atoms with Gasteiger partial charge in [0.05, 0.1) is 28.7 Å². The number of carbonyl (C=O) groups is 4. The predicted octanol–water partition coefficient (Wildman–Crippen LogP) is 1.62. The van der Waals surface area contributed by atoms with Crippen LogP contribution >= 0.6 is 11.3 Å². The van der Waals surface area contributed by atoms with Gasteiger partial charge in [-0.3, -0.25) is 24.1 Å². The van der Waals surface area contributed by atoms with E-state index in [1.807, 2.05) is 19.1 Å². The van der Waals surface area contributed by atoms with Crippen molar-refractivity contribution in [2.75, 3.05) is 14.1 Å². The number of likely N-dealkylation sites (N-methyl/N-ethyl adjacent to an activating group) is 1. The van der Waals surface area contributed by atoms with Crippen molar-refractivity contribution in [3.63, 3.8) is 0 Å². The Morgan fingerprint density at radius 1 is 1.24 bits per heavy atom. The van der Waals surface area contributed by atoms with Crippen LogP contribution in [0.2, 0.25) is 0 Å². The van der Waals surface area contributed by atoms with Crippen molar-refractivity contribution < 1.29 is 29.4 Å². The van der Waals surface area contributed by atoms with E-state index in [-0.39, 0.29) is 17.7 Å². The summed E-state index contributed by atoms with van der Waals surface area (Å²) in [6, 6.07) is 2.28. The molecular formula is C27H29N3O6S. The number of hydrogen-bond donors (Lipinski definition) is 3. The molecule has 9 nitrogen and oxygen atoms in total. The minimum absolute atomic E-state index is 0.0855. The number of aromatic nitrogens is 1. The Kier molecular flexibility index (Phi) is 6.17. The molecule has 194 valence electrons. The molecule has 3 aliphatic carbocycles. The van der Waals surface area contributed by atoms with Gasteiger partial charge in [0.2, 0.25) is 5.91 Å². The molecule has 2 fully saturated rings. The van der Waals surface area contributed by atoms with E-state index in [9.17, 15) is 29.4 Å². The molecular weight excluding hydrogens is 494 g/mol. The molecule has 1 aromatic heterocycles. The zero-order chi connectivity index (χ0) is 26.8. The molecule has 5 rings (SSSR count). The Hall–Kier alpha value is -3.21. The van der Waals surface area contributed by atoms with E-state index >= 15 is 0 Å². The highest BCUT2D eigenvalue weighted by molar-refractivity contribution is 7.10. The van der Waals surface area contributed by atoms with Crippen LogP contribution in [0.5, 0.6) is 5.75 Å². The van der Waals surface area contributed by atoms with Crippen molar-refractivity contribution in [1.29, 1.82) is 0 Å². The van der Waals surface area contributed by atoms with Gasteiger partial charge in [0.25, 0.3) is 0 Å². The average molecular weight is 524 g/mol. The molecule has 10 heteroatoms. The van der Waals surface area contributed by atoms with E-state index < -0.39 is 65.0 Å². The number of phenolic OH excluding ortho intramolecular Hbond substituents is 1. The second-order valence-electron chi connectivity index (χ2n) is 10.6. The summed E-state index contributed by atoms with van der Waals surface area (Å²) >= 11 is 1.49. The highest BCUT2D eigenvalue weighted by Gasteiger charge is 2.64. The number of ketones is 3. The molecule has 1 amide bonds. The summed E-state index contributed by atoms with van der Waals surface area (Å²) in [5.41, 5.74) is 7.53. The summed E-state index contributed by atoms with van der Waals surface area (Å²) in [6.45, 7) is 1.90. The molecule has 0 saturated heterocycles. The summed E-state index contributed by atoms with van der Waals surface area (Å²) in [5, 5.41) is 22.3. The van der Waals surface area contributed by atoms with Crippen molar-refractivity contribution in [2.45, 2.75) is 37.8 Å².